The molecule has 2 heterocycles. The number of nitrogens with zero attached hydrogens (tertiary/aromatic N) is 3. The molecule has 0 saturated heterocycles. The summed E-state index contributed by atoms with van der Waals surface area (Å²) in [7, 11) is 1.36. The average molecular weight is 434 g/mol. The monoisotopic (exact) mass is 433 g/mol. The van der Waals surface area contributed by atoms with Crippen LogP contribution in [-0.4, -0.2) is 38.2 Å². The Kier molecular flexibility index (Phi) is 6.25. The van der Waals surface area contributed by atoms with Crippen LogP contribution in [0.5, 0.6) is 0 Å². The molecule has 1 unspecified atom stereocenters. The number of aliphatic imine (C=N–C) groups is 1. The normalized spacial score (nSPS) is 16.7. The topological polar surface area (TPSA) is 71.4 Å². The molecule has 2 aromatic carbocycles. The average Bonchev–Trinajstić information content (AvgIpc) is 3.14. The van der Waals surface area contributed by atoms with Crippen molar-refractivity contribution in [2.45, 2.75) is 32.7 Å². The second kappa shape index (κ2) is 9.26. The summed E-state index contributed by atoms with van der Waals surface area (Å²) in [5, 5.41) is 0. The SMILES string of the molecule is CCCCN1C2=NC(c3ccccc3)C(C(=O)OCC)=CN2c2cc(C(=O)OC)ccc21. The van der Waals surface area contributed by atoms with Gasteiger partial charge in [0.2, 0.25) is 5.96 Å². The Balaban J connectivity index is 1.85. The van der Waals surface area contributed by atoms with E-state index in [1.54, 1.807) is 25.3 Å². The van der Waals surface area contributed by atoms with Crippen molar-refractivity contribution in [1.29, 1.82) is 0 Å². The van der Waals surface area contributed by atoms with Gasteiger partial charge in [-0.1, -0.05) is 43.7 Å². The smallest absolute Gasteiger partial charge is 0.338 e. The Bertz CT molecular complexity index is 1080. The molecule has 0 aliphatic carbocycles. The molecule has 7 nitrogen and oxygen atoms in total. The van der Waals surface area contributed by atoms with E-state index in [-0.39, 0.29) is 6.61 Å². The number of guanidine groups is 1. The van der Waals surface area contributed by atoms with Gasteiger partial charge in [0.25, 0.3) is 0 Å². The highest BCUT2D eigenvalue weighted by Crippen LogP contribution is 2.43. The molecule has 166 valence electrons. The minimum atomic E-state index is -0.472. The molecule has 2 aliphatic heterocycles. The van der Waals surface area contributed by atoms with Crippen molar-refractivity contribution in [3.63, 3.8) is 0 Å². The Hall–Kier alpha value is -3.61. The molecule has 0 aromatic heterocycles. The van der Waals surface area contributed by atoms with E-state index in [9.17, 15) is 9.59 Å². The van der Waals surface area contributed by atoms with Gasteiger partial charge in [-0.3, -0.25) is 4.90 Å². The van der Waals surface area contributed by atoms with Gasteiger partial charge in [-0.25, -0.2) is 14.6 Å². The maximum atomic E-state index is 12.9. The van der Waals surface area contributed by atoms with E-state index in [1.165, 1.54) is 7.11 Å². The van der Waals surface area contributed by atoms with Crippen LogP contribution in [0.25, 0.3) is 0 Å². The molecule has 0 N–H and O–H groups in total. The van der Waals surface area contributed by atoms with Gasteiger partial charge in [0.15, 0.2) is 0 Å². The van der Waals surface area contributed by atoms with E-state index in [0.29, 0.717) is 11.1 Å². The van der Waals surface area contributed by atoms with Crippen LogP contribution in [0.2, 0.25) is 0 Å². The number of esters is 2. The first-order valence-corrected chi connectivity index (χ1v) is 10.9. The van der Waals surface area contributed by atoms with Gasteiger partial charge in [-0.05, 0) is 37.1 Å². The standard InChI is InChI=1S/C25H27N3O4/c1-4-6-14-27-20-13-12-18(23(29)31-3)15-21(20)28-16-19(24(30)32-5-2)22(26-25(27)28)17-10-8-7-9-11-17/h7-13,15-16,22H,4-6,14H2,1-3H3. The summed E-state index contributed by atoms with van der Waals surface area (Å²) in [5.74, 6) is -0.0775. The summed E-state index contributed by atoms with van der Waals surface area (Å²) in [6.45, 7) is 4.98. The summed E-state index contributed by atoms with van der Waals surface area (Å²) in [6.07, 6.45) is 3.81. The summed E-state index contributed by atoms with van der Waals surface area (Å²) in [4.78, 5) is 34.1. The van der Waals surface area contributed by atoms with Gasteiger partial charge < -0.3 is 14.4 Å². The Morgan fingerprint density at radius 2 is 1.81 bits per heavy atom. The van der Waals surface area contributed by atoms with Crippen LogP contribution in [0.3, 0.4) is 0 Å². The lowest BCUT2D eigenvalue weighted by Gasteiger charge is -2.29. The number of ether oxygens (including phenoxy) is 2. The zero-order valence-corrected chi connectivity index (χ0v) is 18.6. The van der Waals surface area contributed by atoms with E-state index >= 15 is 0 Å². The first kappa shape index (κ1) is 21.6. The molecule has 0 radical (unpaired) electrons. The predicted molar refractivity (Wildman–Crippen MR) is 124 cm³/mol. The molecule has 32 heavy (non-hydrogen) atoms. The van der Waals surface area contributed by atoms with Crippen LogP contribution in [0, 0.1) is 0 Å². The Labute approximate surface area is 187 Å². The van der Waals surface area contributed by atoms with Crippen molar-refractivity contribution in [3.05, 3.63) is 71.4 Å². The van der Waals surface area contributed by atoms with Crippen LogP contribution < -0.4 is 9.80 Å². The lowest BCUT2D eigenvalue weighted by molar-refractivity contribution is -0.138. The van der Waals surface area contributed by atoms with Crippen LogP contribution in [0.4, 0.5) is 11.4 Å². The highest BCUT2D eigenvalue weighted by Gasteiger charge is 2.39. The largest absolute Gasteiger partial charge is 0.465 e. The van der Waals surface area contributed by atoms with Crippen molar-refractivity contribution in [1.82, 2.24) is 0 Å². The molecular weight excluding hydrogens is 406 g/mol. The third-order valence-electron chi connectivity index (χ3n) is 5.57. The number of fused-ring (bicyclic) bond motifs is 3. The highest BCUT2D eigenvalue weighted by atomic mass is 16.5. The van der Waals surface area contributed by atoms with Gasteiger partial charge >= 0.3 is 11.9 Å². The zero-order valence-electron chi connectivity index (χ0n) is 18.6. The number of benzene rings is 2. The van der Waals surface area contributed by atoms with E-state index in [4.69, 9.17) is 14.5 Å². The quantitative estimate of drug-likeness (QED) is 0.601. The Morgan fingerprint density at radius 1 is 1.03 bits per heavy atom. The molecule has 7 heteroatoms. The first-order valence-electron chi connectivity index (χ1n) is 10.9. The lowest BCUT2D eigenvalue weighted by atomic mass is 9.98. The molecule has 0 saturated carbocycles. The summed E-state index contributed by atoms with van der Waals surface area (Å²) in [5.41, 5.74) is 3.54. The fraction of sp³-hybridized carbons (Fsp3) is 0.320. The van der Waals surface area contributed by atoms with Crippen molar-refractivity contribution in [2.24, 2.45) is 4.99 Å². The van der Waals surface area contributed by atoms with Crippen LogP contribution in [0.1, 0.15) is 48.7 Å². The maximum absolute atomic E-state index is 12.9. The van der Waals surface area contributed by atoms with Gasteiger partial charge in [-0.2, -0.15) is 0 Å². The maximum Gasteiger partial charge on any atom is 0.338 e. The van der Waals surface area contributed by atoms with E-state index in [2.05, 4.69) is 11.8 Å². The molecule has 0 bridgehead atoms. The molecule has 0 fully saturated rings. The lowest BCUT2D eigenvalue weighted by Crippen LogP contribution is -2.40. The van der Waals surface area contributed by atoms with Gasteiger partial charge in [0.1, 0.15) is 6.04 Å². The molecule has 2 aromatic rings. The zero-order chi connectivity index (χ0) is 22.7. The van der Waals surface area contributed by atoms with Gasteiger partial charge in [0, 0.05) is 12.7 Å². The molecule has 0 spiro atoms. The third-order valence-corrected chi connectivity index (χ3v) is 5.57. The molecule has 4 rings (SSSR count). The second-order valence-corrected chi connectivity index (χ2v) is 7.62. The third kappa shape index (κ3) is 3.86. The molecule has 0 amide bonds. The molecule has 1 atom stereocenters. The van der Waals surface area contributed by atoms with Gasteiger partial charge in [-0.15, -0.1) is 0 Å². The molecule has 2 aliphatic rings. The van der Waals surface area contributed by atoms with Crippen molar-refractivity contribution < 1.29 is 19.1 Å². The van der Waals surface area contributed by atoms with Crippen molar-refractivity contribution in [2.75, 3.05) is 30.1 Å². The predicted octanol–water partition coefficient (Wildman–Crippen LogP) is 4.46. The van der Waals surface area contributed by atoms with Crippen LogP contribution in [0.15, 0.2) is 65.3 Å². The van der Waals surface area contributed by atoms with Crippen molar-refractivity contribution >= 4 is 29.3 Å². The fourth-order valence-electron chi connectivity index (χ4n) is 3.99. The molecular formula is C25H27N3O4. The van der Waals surface area contributed by atoms with Gasteiger partial charge in [0.05, 0.1) is 36.2 Å². The van der Waals surface area contributed by atoms with E-state index in [0.717, 1.165) is 42.3 Å². The van der Waals surface area contributed by atoms with Crippen LogP contribution in [-0.2, 0) is 14.3 Å². The van der Waals surface area contributed by atoms with Crippen molar-refractivity contribution in [3.8, 4) is 0 Å². The minimum Gasteiger partial charge on any atom is -0.465 e. The number of anilines is 2. The second-order valence-electron chi connectivity index (χ2n) is 7.62. The number of unbranched alkanes of at least 4 members (excludes halogenated alkanes) is 1. The van der Waals surface area contributed by atoms with E-state index < -0.39 is 18.0 Å². The Morgan fingerprint density at radius 3 is 2.50 bits per heavy atom. The minimum absolute atomic E-state index is 0.278. The number of carbonyl (C=O) groups is 2. The van der Waals surface area contributed by atoms with E-state index in [1.807, 2.05) is 41.3 Å². The van der Waals surface area contributed by atoms with Crippen LogP contribution >= 0.6 is 0 Å². The summed E-state index contributed by atoms with van der Waals surface area (Å²) in [6, 6.07) is 14.7. The highest BCUT2D eigenvalue weighted by molar-refractivity contribution is 6.19. The number of rotatable bonds is 7. The number of hydrogen-bond donors (Lipinski definition) is 0. The number of hydrogen-bond acceptors (Lipinski definition) is 7. The number of methoxy groups -OCH3 is 1. The summed E-state index contributed by atoms with van der Waals surface area (Å²) >= 11 is 0. The first-order chi connectivity index (χ1) is 15.6. The summed E-state index contributed by atoms with van der Waals surface area (Å²) < 4.78 is 10.2. The number of carbonyl (C=O) groups excluding carboxylic acids is 2. The fourth-order valence-corrected chi connectivity index (χ4v) is 3.99.